The van der Waals surface area contributed by atoms with Crippen molar-refractivity contribution in [2.45, 2.75) is 24.8 Å². The van der Waals surface area contributed by atoms with Crippen LogP contribution in [-0.4, -0.2) is 24.8 Å². The highest BCUT2D eigenvalue weighted by atomic mass is 35.5. The maximum absolute atomic E-state index is 6.23. The van der Waals surface area contributed by atoms with Crippen LogP contribution in [0.4, 0.5) is 0 Å². The van der Waals surface area contributed by atoms with Crippen LogP contribution in [0.1, 0.15) is 0 Å². The van der Waals surface area contributed by atoms with Gasteiger partial charge in [-0.25, -0.2) is 0 Å². The molecule has 86 valence electrons. The van der Waals surface area contributed by atoms with E-state index in [9.17, 15) is 0 Å². The Morgan fingerprint density at radius 2 is 1.00 bits per heavy atom. The summed E-state index contributed by atoms with van der Waals surface area (Å²) >= 11 is 48.7. The molecule has 0 aromatic heterocycles. The minimum absolute atomic E-state index is 0.0581. The maximum atomic E-state index is 6.23. The van der Waals surface area contributed by atoms with Gasteiger partial charge in [-0.05, 0) is 0 Å². The van der Waals surface area contributed by atoms with Crippen molar-refractivity contribution < 1.29 is 0 Å². The Bertz CT molecular complexity index is 330. The van der Waals surface area contributed by atoms with Gasteiger partial charge >= 0.3 is 0 Å². The molecule has 0 nitrogen and oxygen atoms in total. The van der Waals surface area contributed by atoms with Gasteiger partial charge in [0.1, 0.15) is 9.75 Å². The Morgan fingerprint density at radius 3 is 1.20 bits per heavy atom. The molecule has 1 fully saturated rings. The van der Waals surface area contributed by atoms with Crippen molar-refractivity contribution in [2.75, 3.05) is 0 Å². The second-order valence-electron chi connectivity index (χ2n) is 3.43. The monoisotopic (exact) mass is 366 g/mol. The normalized spacial score (nSPS) is 52.8. The van der Waals surface area contributed by atoms with E-state index in [-0.39, 0.29) is 10.1 Å². The van der Waals surface area contributed by atoms with Gasteiger partial charge in [-0.3, -0.25) is 0 Å². The molecular weight excluding hydrogens is 368 g/mol. The van der Waals surface area contributed by atoms with Gasteiger partial charge in [-0.15, -0.1) is 46.4 Å². The molecule has 0 radical (unpaired) electrons. The smallest absolute Gasteiger partial charge is 0.119 e. The van der Waals surface area contributed by atoms with E-state index in [0.29, 0.717) is 0 Å². The largest absolute Gasteiger partial charge is 0.169 e. The van der Waals surface area contributed by atoms with E-state index in [1.807, 2.05) is 0 Å². The number of alkyl halides is 6. The first-order chi connectivity index (χ1) is 6.63. The molecule has 8 heteroatoms. The summed E-state index contributed by atoms with van der Waals surface area (Å²) in [7, 11) is 0. The summed E-state index contributed by atoms with van der Waals surface area (Å²) in [5, 5.41) is -1.49. The van der Waals surface area contributed by atoms with Gasteiger partial charge in [0, 0.05) is 0 Å². The third-order valence-electron chi connectivity index (χ3n) is 2.76. The molecule has 2 bridgehead atoms. The van der Waals surface area contributed by atoms with Gasteiger partial charge in [0.15, 0.2) is 4.33 Å². The van der Waals surface area contributed by atoms with Crippen LogP contribution in [0, 0.1) is 0 Å². The Balaban J connectivity index is 2.76. The van der Waals surface area contributed by atoms with Crippen molar-refractivity contribution in [3.63, 3.8) is 0 Å². The second-order valence-corrected chi connectivity index (χ2v) is 7.65. The quantitative estimate of drug-likeness (QED) is 0.524. The first-order valence-electron chi connectivity index (χ1n) is 3.73. The molecule has 0 N–H and O–H groups in total. The minimum atomic E-state index is -1.64. The van der Waals surface area contributed by atoms with Crippen molar-refractivity contribution in [3.05, 3.63) is 10.1 Å². The van der Waals surface area contributed by atoms with Crippen LogP contribution < -0.4 is 0 Å². The van der Waals surface area contributed by atoms with E-state index in [2.05, 4.69) is 0 Å². The summed E-state index contributed by atoms with van der Waals surface area (Å²) in [6.07, 6.45) is 0. The molecule has 0 aromatic carbocycles. The first-order valence-corrected chi connectivity index (χ1v) is 6.87. The summed E-state index contributed by atoms with van der Waals surface area (Å²) in [4.78, 5) is -2.91. The average Bonchev–Trinajstić information content (AvgIpc) is 2.34. The second kappa shape index (κ2) is 3.54. The maximum Gasteiger partial charge on any atom is 0.169 e. The lowest BCUT2D eigenvalue weighted by Gasteiger charge is -2.31. The highest BCUT2D eigenvalue weighted by Gasteiger charge is 2.82. The predicted octanol–water partition coefficient (Wildman–Crippen LogP) is 5.05. The molecule has 0 spiro atoms. The summed E-state index contributed by atoms with van der Waals surface area (Å²) < 4.78 is -1.64. The lowest BCUT2D eigenvalue weighted by atomic mass is 10.1. The van der Waals surface area contributed by atoms with Crippen molar-refractivity contribution in [1.29, 1.82) is 0 Å². The van der Waals surface area contributed by atoms with Crippen LogP contribution in [0.25, 0.3) is 0 Å². The van der Waals surface area contributed by atoms with Crippen molar-refractivity contribution in [3.8, 4) is 0 Å². The first kappa shape index (κ1) is 13.5. The zero-order valence-corrected chi connectivity index (χ0v) is 12.7. The average molecular weight is 370 g/mol. The molecule has 4 atom stereocenters. The van der Waals surface area contributed by atoms with Gasteiger partial charge in [-0.2, -0.15) is 0 Å². The molecule has 2 aliphatic rings. The Hall–Kier alpha value is 2.06. The fraction of sp³-hybridized carbons (Fsp3) is 0.714. The number of hydrogen-bond acceptors (Lipinski definition) is 0. The standard InChI is InChI=1S/C7H2Cl8/c8-1-2(9)6(13)4(11)3(10)5(1,12)7(6,14)15/h1-2H. The van der Waals surface area contributed by atoms with Crippen molar-refractivity contribution >= 4 is 92.8 Å². The van der Waals surface area contributed by atoms with E-state index in [0.717, 1.165) is 0 Å². The highest BCUT2D eigenvalue weighted by Crippen LogP contribution is 2.74. The van der Waals surface area contributed by atoms with E-state index >= 15 is 0 Å². The minimum Gasteiger partial charge on any atom is -0.119 e. The third-order valence-corrected chi connectivity index (χ3v) is 8.53. The molecule has 0 aromatic rings. The van der Waals surface area contributed by atoms with Gasteiger partial charge < -0.3 is 0 Å². The summed E-state index contributed by atoms with van der Waals surface area (Å²) in [5.74, 6) is 0. The Labute approximate surface area is 127 Å². The number of halogens is 8. The molecule has 0 heterocycles. The van der Waals surface area contributed by atoms with E-state index in [1.165, 1.54) is 0 Å². The zero-order valence-electron chi connectivity index (χ0n) is 6.68. The van der Waals surface area contributed by atoms with Crippen LogP contribution >= 0.6 is 92.8 Å². The van der Waals surface area contributed by atoms with Crippen LogP contribution in [-0.2, 0) is 0 Å². The van der Waals surface area contributed by atoms with E-state index in [1.54, 1.807) is 0 Å². The summed E-state index contributed by atoms with van der Waals surface area (Å²) in [5.41, 5.74) is 0. The molecule has 2 rings (SSSR count). The van der Waals surface area contributed by atoms with Crippen molar-refractivity contribution in [1.82, 2.24) is 0 Å². The van der Waals surface area contributed by atoms with E-state index in [4.69, 9.17) is 92.8 Å². The fourth-order valence-corrected chi connectivity index (χ4v) is 5.98. The molecule has 4 unspecified atom stereocenters. The van der Waals surface area contributed by atoms with Crippen LogP contribution in [0.5, 0.6) is 0 Å². The molecule has 1 saturated carbocycles. The number of allylic oxidation sites excluding steroid dienone is 2. The molecule has 0 saturated heterocycles. The number of fused-ring (bicyclic) bond motifs is 2. The predicted molar refractivity (Wildman–Crippen MR) is 69.6 cm³/mol. The van der Waals surface area contributed by atoms with Crippen LogP contribution in [0.15, 0.2) is 10.1 Å². The lowest BCUT2D eigenvalue weighted by molar-refractivity contribution is 0.685. The number of hydrogen-bond donors (Lipinski definition) is 0. The molecule has 0 aliphatic heterocycles. The zero-order chi connectivity index (χ0) is 11.8. The molecule has 2 aliphatic carbocycles. The van der Waals surface area contributed by atoms with Gasteiger partial charge in [0.2, 0.25) is 0 Å². The lowest BCUT2D eigenvalue weighted by Crippen LogP contribution is -2.45. The fourth-order valence-electron chi connectivity index (χ4n) is 1.85. The van der Waals surface area contributed by atoms with Gasteiger partial charge in [0.25, 0.3) is 0 Å². The Kier molecular flexibility index (Phi) is 3.19. The SMILES string of the molecule is ClC1=C(Cl)C2(Cl)C(Cl)C(Cl)C1(Cl)C2(Cl)Cl. The summed E-state index contributed by atoms with van der Waals surface area (Å²) in [6, 6.07) is 0. The van der Waals surface area contributed by atoms with E-state index < -0.39 is 24.8 Å². The van der Waals surface area contributed by atoms with Crippen molar-refractivity contribution in [2.24, 2.45) is 0 Å². The van der Waals surface area contributed by atoms with Crippen LogP contribution in [0.2, 0.25) is 0 Å². The third kappa shape index (κ3) is 1.17. The summed E-state index contributed by atoms with van der Waals surface area (Å²) in [6.45, 7) is 0. The molecular formula is C7H2Cl8. The Morgan fingerprint density at radius 1 is 0.733 bits per heavy atom. The molecule has 15 heavy (non-hydrogen) atoms. The topological polar surface area (TPSA) is 0 Å². The van der Waals surface area contributed by atoms with Crippen LogP contribution in [0.3, 0.4) is 0 Å². The highest BCUT2D eigenvalue weighted by molar-refractivity contribution is 6.68. The number of rotatable bonds is 0. The van der Waals surface area contributed by atoms with Gasteiger partial charge in [-0.1, -0.05) is 46.4 Å². The molecule has 0 amide bonds. The van der Waals surface area contributed by atoms with Gasteiger partial charge in [0.05, 0.1) is 20.8 Å².